The third-order valence-corrected chi connectivity index (χ3v) is 6.37. The summed E-state index contributed by atoms with van der Waals surface area (Å²) in [5.41, 5.74) is 4.46. The molecule has 0 spiro atoms. The summed E-state index contributed by atoms with van der Waals surface area (Å²) < 4.78 is 0.582. The third kappa shape index (κ3) is 5.19. The zero-order chi connectivity index (χ0) is 20.8. The minimum Gasteiger partial charge on any atom is -0.372 e. The van der Waals surface area contributed by atoms with Crippen LogP contribution in [0.4, 0.5) is 11.4 Å². The highest BCUT2D eigenvalue weighted by molar-refractivity contribution is 8.26. The third-order valence-electron chi connectivity index (χ3n) is 5.00. The second-order valence-corrected chi connectivity index (χ2v) is 8.43. The van der Waals surface area contributed by atoms with Gasteiger partial charge in [-0.1, -0.05) is 55.2 Å². The summed E-state index contributed by atoms with van der Waals surface area (Å²) in [6, 6.07) is 16.5. The van der Waals surface area contributed by atoms with Crippen molar-refractivity contribution in [3.8, 4) is 0 Å². The fourth-order valence-electron chi connectivity index (χ4n) is 3.19. The van der Waals surface area contributed by atoms with Crippen LogP contribution in [0.3, 0.4) is 0 Å². The molecule has 1 saturated heterocycles. The molecule has 2 aromatic rings. The van der Waals surface area contributed by atoms with Crippen molar-refractivity contribution in [2.75, 3.05) is 30.0 Å². The molecule has 4 nitrogen and oxygen atoms in total. The number of amides is 1. The zero-order valence-electron chi connectivity index (χ0n) is 17.1. The largest absolute Gasteiger partial charge is 0.372 e. The maximum Gasteiger partial charge on any atom is 0.267 e. The van der Waals surface area contributed by atoms with Gasteiger partial charge in [0, 0.05) is 24.5 Å². The first-order valence-corrected chi connectivity index (χ1v) is 11.2. The highest BCUT2D eigenvalue weighted by Crippen LogP contribution is 2.32. The van der Waals surface area contributed by atoms with Gasteiger partial charge in [0.1, 0.15) is 4.32 Å². The number of thiocarbonyl (C=S) groups is 1. The molecule has 0 aromatic heterocycles. The predicted molar refractivity (Wildman–Crippen MR) is 129 cm³/mol. The van der Waals surface area contributed by atoms with Crippen LogP contribution in [-0.4, -0.2) is 34.9 Å². The number of nitrogens with zero attached hydrogens (tertiary/aromatic N) is 2. The van der Waals surface area contributed by atoms with Crippen LogP contribution < -0.4 is 10.2 Å². The molecule has 1 aliphatic rings. The lowest BCUT2D eigenvalue weighted by atomic mass is 10.1. The van der Waals surface area contributed by atoms with Gasteiger partial charge in [-0.2, -0.15) is 0 Å². The van der Waals surface area contributed by atoms with E-state index in [1.165, 1.54) is 23.0 Å². The molecule has 3 rings (SSSR count). The highest BCUT2D eigenvalue weighted by Gasteiger charge is 2.31. The number of hydrogen-bond acceptors (Lipinski definition) is 5. The van der Waals surface area contributed by atoms with E-state index in [1.807, 2.05) is 30.3 Å². The molecular weight excluding hydrogens is 398 g/mol. The van der Waals surface area contributed by atoms with Crippen molar-refractivity contribution in [3.63, 3.8) is 0 Å². The number of anilines is 2. The molecule has 0 aliphatic carbocycles. The van der Waals surface area contributed by atoms with Gasteiger partial charge in [0.15, 0.2) is 0 Å². The van der Waals surface area contributed by atoms with E-state index in [-0.39, 0.29) is 5.91 Å². The maximum atomic E-state index is 12.8. The standard InChI is InChI=1S/C23H27N3OS2/c1-4-17-7-11-19(12-8-17)24-16-26-22(27)21(29-23(26)28)15-18-9-13-20(14-10-18)25(5-2)6-3/h7-15,24H,4-6,16H2,1-3H3. The minimum atomic E-state index is -0.0505. The first-order chi connectivity index (χ1) is 14.0. The summed E-state index contributed by atoms with van der Waals surface area (Å²) in [4.78, 5) is 17.4. The van der Waals surface area contributed by atoms with Crippen LogP contribution in [0.1, 0.15) is 31.9 Å². The Kier molecular flexibility index (Phi) is 7.34. The van der Waals surface area contributed by atoms with Crippen molar-refractivity contribution < 1.29 is 4.79 Å². The van der Waals surface area contributed by atoms with E-state index >= 15 is 0 Å². The monoisotopic (exact) mass is 425 g/mol. The van der Waals surface area contributed by atoms with Crippen molar-refractivity contribution in [1.82, 2.24) is 4.90 Å². The second-order valence-electron chi connectivity index (χ2n) is 6.76. The average molecular weight is 426 g/mol. The summed E-state index contributed by atoms with van der Waals surface area (Å²) in [6.45, 7) is 8.75. The number of thioether (sulfide) groups is 1. The molecule has 29 heavy (non-hydrogen) atoms. The number of aryl methyl sites for hydroxylation is 1. The van der Waals surface area contributed by atoms with Crippen LogP contribution >= 0.6 is 24.0 Å². The van der Waals surface area contributed by atoms with Gasteiger partial charge in [0.05, 0.1) is 11.6 Å². The van der Waals surface area contributed by atoms with Crippen molar-refractivity contribution in [3.05, 3.63) is 64.6 Å². The molecule has 6 heteroatoms. The molecule has 0 unspecified atom stereocenters. The number of carbonyl (C=O) groups excluding carboxylic acids is 1. The van der Waals surface area contributed by atoms with Crippen LogP contribution in [0.2, 0.25) is 0 Å². The van der Waals surface area contributed by atoms with Gasteiger partial charge in [-0.05, 0) is 61.7 Å². The van der Waals surface area contributed by atoms with Gasteiger partial charge >= 0.3 is 0 Å². The first-order valence-electron chi connectivity index (χ1n) is 9.98. The molecule has 152 valence electrons. The fourth-order valence-corrected chi connectivity index (χ4v) is 4.44. The topological polar surface area (TPSA) is 35.6 Å². The van der Waals surface area contributed by atoms with E-state index in [0.29, 0.717) is 15.9 Å². The van der Waals surface area contributed by atoms with E-state index < -0.39 is 0 Å². The van der Waals surface area contributed by atoms with Gasteiger partial charge in [-0.3, -0.25) is 9.69 Å². The van der Waals surface area contributed by atoms with Gasteiger partial charge in [-0.15, -0.1) is 0 Å². The van der Waals surface area contributed by atoms with E-state index in [0.717, 1.165) is 30.8 Å². The number of nitrogens with one attached hydrogen (secondary N) is 1. The molecule has 1 heterocycles. The molecule has 2 aromatic carbocycles. The Labute approximate surface area is 183 Å². The Morgan fingerprint density at radius 3 is 2.28 bits per heavy atom. The zero-order valence-corrected chi connectivity index (χ0v) is 18.8. The molecule has 0 atom stereocenters. The molecule has 0 radical (unpaired) electrons. The normalized spacial score (nSPS) is 15.3. The van der Waals surface area contributed by atoms with Crippen LogP contribution in [-0.2, 0) is 11.2 Å². The predicted octanol–water partition coefficient (Wildman–Crippen LogP) is 5.37. The highest BCUT2D eigenvalue weighted by atomic mass is 32.2. The quantitative estimate of drug-likeness (QED) is 0.455. The molecule has 0 saturated carbocycles. The summed E-state index contributed by atoms with van der Waals surface area (Å²) >= 11 is 6.79. The Balaban J connectivity index is 1.66. The lowest BCUT2D eigenvalue weighted by Gasteiger charge is -2.20. The molecule has 1 fully saturated rings. The Hall–Kier alpha value is -2.31. The Bertz CT molecular complexity index is 887. The average Bonchev–Trinajstić information content (AvgIpc) is 3.01. The molecule has 1 amide bonds. The van der Waals surface area contributed by atoms with Crippen LogP contribution in [0.5, 0.6) is 0 Å². The lowest BCUT2D eigenvalue weighted by molar-refractivity contribution is -0.121. The Morgan fingerprint density at radius 1 is 1.03 bits per heavy atom. The number of hydrogen-bond donors (Lipinski definition) is 1. The summed E-state index contributed by atoms with van der Waals surface area (Å²) in [7, 11) is 0. The van der Waals surface area contributed by atoms with Crippen molar-refractivity contribution in [2.24, 2.45) is 0 Å². The maximum absolute atomic E-state index is 12.8. The second kappa shape index (κ2) is 9.94. The Morgan fingerprint density at radius 2 is 1.69 bits per heavy atom. The van der Waals surface area contributed by atoms with E-state index in [2.05, 4.69) is 55.3 Å². The molecular formula is C23H27N3OS2. The fraction of sp³-hybridized carbons (Fsp3) is 0.304. The van der Waals surface area contributed by atoms with Crippen LogP contribution in [0, 0.1) is 0 Å². The SMILES string of the molecule is CCc1ccc(NCN2C(=O)C(=Cc3ccc(N(CC)CC)cc3)SC2=S)cc1. The van der Waals surface area contributed by atoms with Crippen molar-refractivity contribution in [2.45, 2.75) is 27.2 Å². The number of rotatable bonds is 8. The van der Waals surface area contributed by atoms with E-state index in [9.17, 15) is 4.79 Å². The summed E-state index contributed by atoms with van der Waals surface area (Å²) in [5, 5.41) is 3.29. The summed E-state index contributed by atoms with van der Waals surface area (Å²) in [6.07, 6.45) is 2.93. The van der Waals surface area contributed by atoms with Crippen molar-refractivity contribution >= 4 is 51.7 Å². The van der Waals surface area contributed by atoms with Gasteiger partial charge in [0.2, 0.25) is 0 Å². The van der Waals surface area contributed by atoms with Crippen LogP contribution in [0.25, 0.3) is 6.08 Å². The number of benzene rings is 2. The lowest BCUT2D eigenvalue weighted by Crippen LogP contribution is -2.33. The van der Waals surface area contributed by atoms with Crippen molar-refractivity contribution in [1.29, 1.82) is 0 Å². The molecule has 0 bridgehead atoms. The minimum absolute atomic E-state index is 0.0505. The number of carbonyl (C=O) groups is 1. The first kappa shape index (κ1) is 21.4. The van der Waals surface area contributed by atoms with E-state index in [4.69, 9.17) is 12.2 Å². The van der Waals surface area contributed by atoms with Crippen LogP contribution in [0.15, 0.2) is 53.4 Å². The van der Waals surface area contributed by atoms with Gasteiger partial charge < -0.3 is 10.2 Å². The van der Waals surface area contributed by atoms with Gasteiger partial charge in [-0.25, -0.2) is 0 Å². The summed E-state index contributed by atoms with van der Waals surface area (Å²) in [5.74, 6) is -0.0505. The molecule has 1 aliphatic heterocycles. The molecule has 1 N–H and O–H groups in total. The van der Waals surface area contributed by atoms with Gasteiger partial charge in [0.25, 0.3) is 5.91 Å². The van der Waals surface area contributed by atoms with E-state index in [1.54, 1.807) is 4.90 Å². The smallest absolute Gasteiger partial charge is 0.267 e.